The third-order valence-electron chi connectivity index (χ3n) is 5.06. The summed E-state index contributed by atoms with van der Waals surface area (Å²) in [4.78, 5) is 27.0. The van der Waals surface area contributed by atoms with Gasteiger partial charge in [0.1, 0.15) is 0 Å². The standard InChI is InChI=1S/C23H28N2O4/c1-15(2)23(27)25-11-5-6-17-8-9-18(14-19(17)25)24-22(26)13-16-7-10-20(28-3)21(12-16)29-4/h7-10,12,14-15H,5-6,11,13H2,1-4H3,(H,24,26). The average molecular weight is 396 g/mol. The molecule has 0 aromatic heterocycles. The average Bonchev–Trinajstić information content (AvgIpc) is 2.72. The third-order valence-corrected chi connectivity index (χ3v) is 5.06. The molecular weight excluding hydrogens is 368 g/mol. The molecule has 0 spiro atoms. The molecular formula is C23H28N2O4. The Hall–Kier alpha value is -3.02. The number of anilines is 2. The first kappa shape index (κ1) is 20.7. The molecule has 2 aromatic carbocycles. The van der Waals surface area contributed by atoms with Gasteiger partial charge in [0.05, 0.1) is 20.6 Å². The van der Waals surface area contributed by atoms with E-state index in [-0.39, 0.29) is 24.2 Å². The van der Waals surface area contributed by atoms with Gasteiger partial charge in [-0.1, -0.05) is 26.0 Å². The number of rotatable bonds is 6. The van der Waals surface area contributed by atoms with Gasteiger partial charge in [-0.15, -0.1) is 0 Å². The zero-order valence-corrected chi connectivity index (χ0v) is 17.5. The normalized spacial score (nSPS) is 13.1. The van der Waals surface area contributed by atoms with E-state index in [0.717, 1.165) is 29.7 Å². The highest BCUT2D eigenvalue weighted by Gasteiger charge is 2.24. The number of carbonyl (C=O) groups is 2. The number of carbonyl (C=O) groups excluding carboxylic acids is 2. The van der Waals surface area contributed by atoms with Crippen molar-refractivity contribution in [2.75, 3.05) is 31.0 Å². The molecule has 6 heteroatoms. The van der Waals surface area contributed by atoms with Crippen LogP contribution in [0.25, 0.3) is 0 Å². The van der Waals surface area contributed by atoms with Crippen LogP contribution in [-0.2, 0) is 22.4 Å². The first-order valence-corrected chi connectivity index (χ1v) is 9.88. The maximum atomic E-state index is 12.6. The summed E-state index contributed by atoms with van der Waals surface area (Å²) in [7, 11) is 3.15. The van der Waals surface area contributed by atoms with Crippen LogP contribution in [0.2, 0.25) is 0 Å². The highest BCUT2D eigenvalue weighted by atomic mass is 16.5. The summed E-state index contributed by atoms with van der Waals surface area (Å²) in [5, 5.41) is 2.95. The highest BCUT2D eigenvalue weighted by molar-refractivity contribution is 5.98. The fourth-order valence-corrected chi connectivity index (χ4v) is 3.57. The lowest BCUT2D eigenvalue weighted by Crippen LogP contribution is -2.38. The molecule has 2 amide bonds. The summed E-state index contributed by atoms with van der Waals surface area (Å²) in [6, 6.07) is 11.2. The number of hydrogen-bond acceptors (Lipinski definition) is 4. The Morgan fingerprint density at radius 2 is 1.83 bits per heavy atom. The fourth-order valence-electron chi connectivity index (χ4n) is 3.57. The minimum atomic E-state index is -0.130. The smallest absolute Gasteiger partial charge is 0.229 e. The maximum Gasteiger partial charge on any atom is 0.229 e. The summed E-state index contributed by atoms with van der Waals surface area (Å²) < 4.78 is 10.5. The van der Waals surface area contributed by atoms with Crippen LogP contribution in [0.1, 0.15) is 31.4 Å². The van der Waals surface area contributed by atoms with E-state index in [1.807, 2.05) is 43.0 Å². The number of nitrogens with zero attached hydrogens (tertiary/aromatic N) is 1. The van der Waals surface area contributed by atoms with E-state index in [0.29, 0.717) is 23.7 Å². The maximum absolute atomic E-state index is 12.6. The summed E-state index contributed by atoms with van der Waals surface area (Å²) in [6.45, 7) is 4.53. The molecule has 154 valence electrons. The molecule has 6 nitrogen and oxygen atoms in total. The first-order chi connectivity index (χ1) is 13.9. The quantitative estimate of drug-likeness (QED) is 0.806. The summed E-state index contributed by atoms with van der Waals surface area (Å²) in [5.41, 5.74) is 3.56. The van der Waals surface area contributed by atoms with E-state index in [2.05, 4.69) is 5.32 Å². The molecule has 0 saturated heterocycles. The molecule has 1 aliphatic heterocycles. The topological polar surface area (TPSA) is 67.9 Å². The van der Waals surface area contributed by atoms with E-state index in [1.54, 1.807) is 26.4 Å². The third kappa shape index (κ3) is 4.70. The lowest BCUT2D eigenvalue weighted by Gasteiger charge is -2.31. The number of amides is 2. The van der Waals surface area contributed by atoms with Gasteiger partial charge in [0, 0.05) is 23.8 Å². The predicted octanol–water partition coefficient (Wildman–Crippen LogP) is 3.82. The van der Waals surface area contributed by atoms with Gasteiger partial charge in [-0.25, -0.2) is 0 Å². The van der Waals surface area contributed by atoms with Gasteiger partial charge >= 0.3 is 0 Å². The van der Waals surface area contributed by atoms with Crippen LogP contribution in [0, 0.1) is 5.92 Å². The van der Waals surface area contributed by atoms with Crippen molar-refractivity contribution in [3.05, 3.63) is 47.5 Å². The van der Waals surface area contributed by atoms with Crippen molar-refractivity contribution < 1.29 is 19.1 Å². The van der Waals surface area contributed by atoms with Gasteiger partial charge in [0.2, 0.25) is 11.8 Å². The minimum absolute atomic E-state index is 0.0655. The summed E-state index contributed by atoms with van der Waals surface area (Å²) >= 11 is 0. The van der Waals surface area contributed by atoms with E-state index in [9.17, 15) is 9.59 Å². The van der Waals surface area contributed by atoms with Gasteiger partial charge in [-0.3, -0.25) is 9.59 Å². The molecule has 0 bridgehead atoms. The number of ether oxygens (including phenoxy) is 2. The Morgan fingerprint density at radius 3 is 2.52 bits per heavy atom. The molecule has 0 aliphatic carbocycles. The Balaban J connectivity index is 1.75. The molecule has 29 heavy (non-hydrogen) atoms. The van der Waals surface area contributed by atoms with E-state index >= 15 is 0 Å². The number of fused-ring (bicyclic) bond motifs is 1. The zero-order valence-electron chi connectivity index (χ0n) is 17.5. The molecule has 0 unspecified atom stereocenters. The second-order valence-corrected chi connectivity index (χ2v) is 7.51. The number of benzene rings is 2. The molecule has 0 fully saturated rings. The van der Waals surface area contributed by atoms with E-state index in [1.165, 1.54) is 0 Å². The zero-order chi connectivity index (χ0) is 21.0. The number of nitrogens with one attached hydrogen (secondary N) is 1. The second-order valence-electron chi connectivity index (χ2n) is 7.51. The Kier molecular flexibility index (Phi) is 6.42. The van der Waals surface area contributed by atoms with Crippen LogP contribution in [0.15, 0.2) is 36.4 Å². The van der Waals surface area contributed by atoms with Crippen LogP contribution in [0.5, 0.6) is 11.5 Å². The van der Waals surface area contributed by atoms with Gasteiger partial charge in [0.15, 0.2) is 11.5 Å². The number of aryl methyl sites for hydroxylation is 1. The fraction of sp³-hybridized carbons (Fsp3) is 0.391. The molecule has 0 atom stereocenters. The molecule has 1 aliphatic rings. The lowest BCUT2D eigenvalue weighted by atomic mass is 9.99. The van der Waals surface area contributed by atoms with E-state index in [4.69, 9.17) is 9.47 Å². The molecule has 0 radical (unpaired) electrons. The van der Waals surface area contributed by atoms with Crippen LogP contribution >= 0.6 is 0 Å². The molecule has 2 aromatic rings. The molecule has 0 saturated carbocycles. The lowest BCUT2D eigenvalue weighted by molar-refractivity contribution is -0.121. The van der Waals surface area contributed by atoms with Crippen molar-refractivity contribution in [1.82, 2.24) is 0 Å². The van der Waals surface area contributed by atoms with Gasteiger partial charge in [-0.05, 0) is 48.2 Å². The molecule has 3 rings (SSSR count). The monoisotopic (exact) mass is 396 g/mol. The van der Waals surface area contributed by atoms with Crippen LogP contribution in [0.3, 0.4) is 0 Å². The molecule has 1 heterocycles. The van der Waals surface area contributed by atoms with Crippen LogP contribution in [0.4, 0.5) is 11.4 Å². The number of hydrogen-bond donors (Lipinski definition) is 1. The van der Waals surface area contributed by atoms with Crippen molar-refractivity contribution >= 4 is 23.2 Å². The van der Waals surface area contributed by atoms with Crippen molar-refractivity contribution in [1.29, 1.82) is 0 Å². The van der Waals surface area contributed by atoms with Crippen molar-refractivity contribution in [3.63, 3.8) is 0 Å². The SMILES string of the molecule is COc1ccc(CC(=O)Nc2ccc3c(c2)N(C(=O)C(C)C)CCC3)cc1OC. The molecule has 1 N–H and O–H groups in total. The Bertz CT molecular complexity index is 908. The van der Waals surface area contributed by atoms with Crippen LogP contribution < -0.4 is 19.7 Å². The minimum Gasteiger partial charge on any atom is -0.493 e. The van der Waals surface area contributed by atoms with Gasteiger partial charge in [0.25, 0.3) is 0 Å². The Labute approximate surface area is 171 Å². The first-order valence-electron chi connectivity index (χ1n) is 9.88. The van der Waals surface area contributed by atoms with E-state index < -0.39 is 0 Å². The van der Waals surface area contributed by atoms with Crippen molar-refractivity contribution in [2.24, 2.45) is 5.92 Å². The largest absolute Gasteiger partial charge is 0.493 e. The van der Waals surface area contributed by atoms with Gasteiger partial charge < -0.3 is 19.7 Å². The van der Waals surface area contributed by atoms with Crippen LogP contribution in [-0.4, -0.2) is 32.6 Å². The second kappa shape index (κ2) is 8.99. The van der Waals surface area contributed by atoms with Crippen molar-refractivity contribution in [3.8, 4) is 11.5 Å². The van der Waals surface area contributed by atoms with Crippen molar-refractivity contribution in [2.45, 2.75) is 33.1 Å². The van der Waals surface area contributed by atoms with Gasteiger partial charge in [-0.2, -0.15) is 0 Å². The summed E-state index contributed by atoms with van der Waals surface area (Å²) in [6.07, 6.45) is 2.11. The Morgan fingerprint density at radius 1 is 1.07 bits per heavy atom. The summed E-state index contributed by atoms with van der Waals surface area (Å²) in [5.74, 6) is 1.13. The number of methoxy groups -OCH3 is 2. The predicted molar refractivity (Wildman–Crippen MR) is 114 cm³/mol. The highest BCUT2D eigenvalue weighted by Crippen LogP contribution is 2.31.